The minimum atomic E-state index is 0.0415. The van der Waals surface area contributed by atoms with Crippen molar-refractivity contribution in [2.45, 2.75) is 38.3 Å². The summed E-state index contributed by atoms with van der Waals surface area (Å²) in [5.41, 5.74) is 2.38. The zero-order valence-corrected chi connectivity index (χ0v) is 15.6. The zero-order chi connectivity index (χ0) is 18.0. The molecule has 2 aliphatic rings. The summed E-state index contributed by atoms with van der Waals surface area (Å²) in [6.45, 7) is 6.53. The Morgan fingerprint density at radius 3 is 2.85 bits per heavy atom. The number of aryl methyl sites for hydroxylation is 2. The molecule has 0 bridgehead atoms. The lowest BCUT2D eigenvalue weighted by Crippen LogP contribution is -2.64. The van der Waals surface area contributed by atoms with Crippen LogP contribution in [0.15, 0.2) is 24.5 Å². The molecule has 0 amide bonds. The molecule has 7 nitrogen and oxygen atoms in total. The molecule has 7 heteroatoms. The highest BCUT2D eigenvalue weighted by Gasteiger charge is 2.47. The maximum Gasteiger partial charge on any atom is 0.316 e. The number of rotatable bonds is 6. The summed E-state index contributed by atoms with van der Waals surface area (Å²) in [5, 5.41) is 4.43. The summed E-state index contributed by atoms with van der Waals surface area (Å²) in [7, 11) is 2.02. The Morgan fingerprint density at radius 1 is 1.31 bits per heavy atom. The molecule has 1 atom stereocenters. The topological polar surface area (TPSA) is 65.3 Å². The number of hydrogen-bond acceptors (Lipinski definition) is 6. The number of hydrogen-bond donors (Lipinski definition) is 0. The highest BCUT2D eigenvalue weighted by Crippen LogP contribution is 2.38. The van der Waals surface area contributed by atoms with Crippen molar-refractivity contribution in [2.24, 2.45) is 13.0 Å². The van der Waals surface area contributed by atoms with Crippen molar-refractivity contribution < 1.29 is 9.47 Å². The van der Waals surface area contributed by atoms with Gasteiger partial charge in [0.2, 0.25) is 0 Å². The van der Waals surface area contributed by atoms with E-state index in [0.717, 1.165) is 51.2 Å². The summed E-state index contributed by atoms with van der Waals surface area (Å²) < 4.78 is 13.8. The van der Waals surface area contributed by atoms with Crippen LogP contribution in [-0.4, -0.2) is 56.6 Å². The Hall–Kier alpha value is -1.99. The van der Waals surface area contributed by atoms with Gasteiger partial charge in [-0.3, -0.25) is 9.58 Å². The van der Waals surface area contributed by atoms with Crippen molar-refractivity contribution in [1.82, 2.24) is 24.6 Å². The molecule has 0 N–H and O–H groups in total. The normalized spacial score (nSPS) is 22.3. The molecule has 26 heavy (non-hydrogen) atoms. The smallest absolute Gasteiger partial charge is 0.316 e. The second-order valence-electron chi connectivity index (χ2n) is 7.60. The molecule has 1 spiro atoms. The molecule has 4 heterocycles. The Bertz CT molecular complexity index is 727. The van der Waals surface area contributed by atoms with Gasteiger partial charge in [-0.2, -0.15) is 5.10 Å². The summed E-state index contributed by atoms with van der Waals surface area (Å²) in [6.07, 6.45) is 6.68. The number of ether oxygens (including phenoxy) is 2. The molecule has 140 valence electrons. The molecular formula is C19H27N5O2. The fourth-order valence-corrected chi connectivity index (χ4v) is 4.19. The first-order valence-electron chi connectivity index (χ1n) is 9.38. The molecule has 2 aromatic heterocycles. The fourth-order valence-electron chi connectivity index (χ4n) is 4.19. The first-order valence-corrected chi connectivity index (χ1v) is 9.38. The largest absolute Gasteiger partial charge is 0.463 e. The van der Waals surface area contributed by atoms with E-state index in [1.54, 1.807) is 18.5 Å². The van der Waals surface area contributed by atoms with Crippen LogP contribution in [0.4, 0.5) is 0 Å². The minimum absolute atomic E-state index is 0.0415. The lowest BCUT2D eigenvalue weighted by Gasteiger charge is -2.53. The highest BCUT2D eigenvalue weighted by atomic mass is 16.5. The van der Waals surface area contributed by atoms with Crippen molar-refractivity contribution >= 4 is 0 Å². The molecule has 2 aliphatic heterocycles. The lowest BCUT2D eigenvalue weighted by molar-refractivity contribution is -0.182. The van der Waals surface area contributed by atoms with Crippen molar-refractivity contribution in [3.63, 3.8) is 0 Å². The van der Waals surface area contributed by atoms with Crippen LogP contribution >= 0.6 is 0 Å². The van der Waals surface area contributed by atoms with E-state index >= 15 is 0 Å². The second kappa shape index (κ2) is 7.32. The van der Waals surface area contributed by atoms with E-state index in [2.05, 4.69) is 26.0 Å². The Labute approximate surface area is 154 Å². The number of aromatic nitrogens is 4. The number of likely N-dealkylation sites (tertiary alicyclic amines) is 1. The van der Waals surface area contributed by atoms with Crippen LogP contribution in [0.25, 0.3) is 0 Å². The first-order chi connectivity index (χ1) is 12.6. The van der Waals surface area contributed by atoms with E-state index in [1.165, 1.54) is 5.69 Å². The predicted molar refractivity (Wildman–Crippen MR) is 96.8 cm³/mol. The van der Waals surface area contributed by atoms with Gasteiger partial charge in [-0.25, -0.2) is 9.97 Å². The average Bonchev–Trinajstić information content (AvgIpc) is 2.92. The number of nitrogens with zero attached hydrogens (tertiary/aromatic N) is 5. The van der Waals surface area contributed by atoms with E-state index in [9.17, 15) is 0 Å². The summed E-state index contributed by atoms with van der Waals surface area (Å²) in [4.78, 5) is 10.7. The molecule has 2 fully saturated rings. The van der Waals surface area contributed by atoms with E-state index in [-0.39, 0.29) is 5.60 Å². The summed E-state index contributed by atoms with van der Waals surface area (Å²) >= 11 is 0. The first kappa shape index (κ1) is 17.4. The van der Waals surface area contributed by atoms with Gasteiger partial charge in [-0.1, -0.05) is 0 Å². The maximum atomic E-state index is 6.17. The van der Waals surface area contributed by atoms with Gasteiger partial charge in [0.25, 0.3) is 0 Å². The van der Waals surface area contributed by atoms with E-state index in [0.29, 0.717) is 18.5 Å². The second-order valence-corrected chi connectivity index (χ2v) is 7.60. The fraction of sp³-hybridized carbons (Fsp3) is 0.632. The quantitative estimate of drug-likeness (QED) is 0.787. The Kier molecular flexibility index (Phi) is 4.91. The SMILES string of the molecule is Cc1cc(CN2CC3(CC(CCOc4ncccn4)CCO3)C2)n(C)n1. The van der Waals surface area contributed by atoms with Gasteiger partial charge in [-0.15, -0.1) is 0 Å². The molecule has 2 aromatic rings. The summed E-state index contributed by atoms with van der Waals surface area (Å²) in [6, 6.07) is 4.43. The molecule has 0 aliphatic carbocycles. The van der Waals surface area contributed by atoms with Crippen LogP contribution in [0.3, 0.4) is 0 Å². The van der Waals surface area contributed by atoms with E-state index in [4.69, 9.17) is 9.47 Å². The van der Waals surface area contributed by atoms with Gasteiger partial charge in [0.05, 0.1) is 23.6 Å². The van der Waals surface area contributed by atoms with Gasteiger partial charge in [0.1, 0.15) is 0 Å². The average molecular weight is 357 g/mol. The monoisotopic (exact) mass is 357 g/mol. The van der Waals surface area contributed by atoms with Crippen LogP contribution in [0.5, 0.6) is 6.01 Å². The molecule has 0 aromatic carbocycles. The Balaban J connectivity index is 1.23. The Morgan fingerprint density at radius 2 is 2.12 bits per heavy atom. The van der Waals surface area contributed by atoms with Crippen molar-refractivity contribution in [3.8, 4) is 6.01 Å². The van der Waals surface area contributed by atoms with Gasteiger partial charge in [0.15, 0.2) is 0 Å². The lowest BCUT2D eigenvalue weighted by atomic mass is 9.79. The zero-order valence-electron chi connectivity index (χ0n) is 15.6. The van der Waals surface area contributed by atoms with Gasteiger partial charge < -0.3 is 9.47 Å². The highest BCUT2D eigenvalue weighted by molar-refractivity contribution is 5.11. The molecule has 0 saturated carbocycles. The third-order valence-corrected chi connectivity index (χ3v) is 5.40. The van der Waals surface area contributed by atoms with Crippen LogP contribution in [0.2, 0.25) is 0 Å². The van der Waals surface area contributed by atoms with Crippen molar-refractivity contribution in [1.29, 1.82) is 0 Å². The van der Waals surface area contributed by atoms with Crippen molar-refractivity contribution in [3.05, 3.63) is 35.9 Å². The maximum absolute atomic E-state index is 6.17. The molecule has 1 unspecified atom stereocenters. The predicted octanol–water partition coefficient (Wildman–Crippen LogP) is 1.97. The standard InChI is InChI=1S/C19H27N5O2/c1-15-10-17(23(2)22-15)12-24-13-19(14-24)11-16(5-9-26-19)4-8-25-18-20-6-3-7-21-18/h3,6-7,10,16H,4-5,8-9,11-14H2,1-2H3. The van der Waals surface area contributed by atoms with Crippen LogP contribution in [0.1, 0.15) is 30.7 Å². The molecular weight excluding hydrogens is 330 g/mol. The van der Waals surface area contributed by atoms with Gasteiger partial charge >= 0.3 is 6.01 Å². The van der Waals surface area contributed by atoms with E-state index in [1.807, 2.05) is 18.7 Å². The third-order valence-electron chi connectivity index (χ3n) is 5.40. The minimum Gasteiger partial charge on any atom is -0.463 e. The van der Waals surface area contributed by atoms with Crippen molar-refractivity contribution in [2.75, 3.05) is 26.3 Å². The van der Waals surface area contributed by atoms with Crippen LogP contribution in [0, 0.1) is 12.8 Å². The third kappa shape index (κ3) is 3.88. The summed E-state index contributed by atoms with van der Waals surface area (Å²) in [5.74, 6) is 0.647. The van der Waals surface area contributed by atoms with Gasteiger partial charge in [0, 0.05) is 45.7 Å². The van der Waals surface area contributed by atoms with Gasteiger partial charge in [-0.05, 0) is 44.2 Å². The van der Waals surface area contributed by atoms with Crippen LogP contribution < -0.4 is 4.74 Å². The molecule has 2 saturated heterocycles. The van der Waals surface area contributed by atoms with Crippen LogP contribution in [-0.2, 0) is 18.3 Å². The molecule has 0 radical (unpaired) electrons. The van der Waals surface area contributed by atoms with E-state index < -0.39 is 0 Å². The molecule has 4 rings (SSSR count).